The topological polar surface area (TPSA) is 47.3 Å². The van der Waals surface area contributed by atoms with Crippen molar-refractivity contribution in [3.8, 4) is 0 Å². The van der Waals surface area contributed by atoms with Crippen LogP contribution in [0.1, 0.15) is 36.9 Å². The third-order valence-electron chi connectivity index (χ3n) is 3.06. The summed E-state index contributed by atoms with van der Waals surface area (Å²) in [5.41, 5.74) is 2.34. The van der Waals surface area contributed by atoms with E-state index in [2.05, 4.69) is 5.10 Å². The maximum absolute atomic E-state index is 9.48. The van der Waals surface area contributed by atoms with Gasteiger partial charge in [0.15, 0.2) is 0 Å². The number of aryl methyl sites for hydroxylation is 1. The zero-order chi connectivity index (χ0) is 11.5. The van der Waals surface area contributed by atoms with Gasteiger partial charge >= 0.3 is 0 Å². The number of ether oxygens (including phenoxy) is 1. The highest BCUT2D eigenvalue weighted by Crippen LogP contribution is 2.28. The van der Waals surface area contributed by atoms with Crippen molar-refractivity contribution in [3.63, 3.8) is 0 Å². The molecule has 0 radical (unpaired) electrons. The van der Waals surface area contributed by atoms with E-state index in [4.69, 9.17) is 4.74 Å². The molecule has 4 heteroatoms. The van der Waals surface area contributed by atoms with Crippen molar-refractivity contribution in [1.82, 2.24) is 9.78 Å². The Kier molecular flexibility index (Phi) is 3.61. The second-order valence-corrected chi connectivity index (χ2v) is 4.65. The van der Waals surface area contributed by atoms with Crippen LogP contribution in [0, 0.1) is 0 Å². The van der Waals surface area contributed by atoms with E-state index in [9.17, 15) is 5.11 Å². The Morgan fingerprint density at radius 1 is 1.56 bits per heavy atom. The molecule has 1 aromatic rings. The highest BCUT2D eigenvalue weighted by atomic mass is 16.5. The Morgan fingerprint density at radius 2 is 2.25 bits per heavy atom. The summed E-state index contributed by atoms with van der Waals surface area (Å²) in [6.07, 6.45) is 4.51. The van der Waals surface area contributed by atoms with Gasteiger partial charge in [-0.2, -0.15) is 5.10 Å². The van der Waals surface area contributed by atoms with Gasteiger partial charge in [-0.1, -0.05) is 0 Å². The van der Waals surface area contributed by atoms with Crippen LogP contribution >= 0.6 is 0 Å². The number of aliphatic hydroxyl groups is 1. The lowest BCUT2D eigenvalue weighted by atomic mass is 9.92. The average Bonchev–Trinajstić information content (AvgIpc) is 2.60. The lowest BCUT2D eigenvalue weighted by Gasteiger charge is -2.21. The first kappa shape index (κ1) is 11.6. The Morgan fingerprint density at radius 3 is 2.88 bits per heavy atom. The van der Waals surface area contributed by atoms with E-state index in [0.717, 1.165) is 31.7 Å². The van der Waals surface area contributed by atoms with Crippen molar-refractivity contribution >= 4 is 0 Å². The van der Waals surface area contributed by atoms with Gasteiger partial charge in [-0.15, -0.1) is 0 Å². The summed E-state index contributed by atoms with van der Waals surface area (Å²) in [7, 11) is 1.94. The minimum absolute atomic E-state index is 0.303. The van der Waals surface area contributed by atoms with Crippen LogP contribution in [0.5, 0.6) is 0 Å². The van der Waals surface area contributed by atoms with Crippen LogP contribution in [-0.2, 0) is 18.2 Å². The fraction of sp³-hybridized carbons (Fsp3) is 0.750. The Bertz CT molecular complexity index is 341. The smallest absolute Gasteiger partial charge is 0.0690 e. The number of aromatic nitrogens is 2. The standard InChI is InChI=1S/C12H20N2O2/c1-9(15)7-11-8-14(2)13-12(11)10-3-5-16-6-4-10/h8-10,15H,3-7H2,1-2H3/t9-/m0/s1. The van der Waals surface area contributed by atoms with Gasteiger partial charge in [-0.05, 0) is 25.3 Å². The fourth-order valence-corrected chi connectivity index (χ4v) is 2.35. The van der Waals surface area contributed by atoms with Crippen molar-refractivity contribution < 1.29 is 9.84 Å². The molecule has 0 amide bonds. The highest BCUT2D eigenvalue weighted by Gasteiger charge is 2.22. The van der Waals surface area contributed by atoms with Gasteiger partial charge in [-0.25, -0.2) is 0 Å². The molecule has 1 atom stereocenters. The van der Waals surface area contributed by atoms with E-state index >= 15 is 0 Å². The summed E-state index contributed by atoms with van der Waals surface area (Å²) >= 11 is 0. The van der Waals surface area contributed by atoms with Crippen LogP contribution in [0.2, 0.25) is 0 Å². The predicted molar refractivity (Wildman–Crippen MR) is 61.4 cm³/mol. The van der Waals surface area contributed by atoms with E-state index < -0.39 is 0 Å². The van der Waals surface area contributed by atoms with Crippen LogP contribution < -0.4 is 0 Å². The van der Waals surface area contributed by atoms with Gasteiger partial charge in [0, 0.05) is 38.8 Å². The second-order valence-electron chi connectivity index (χ2n) is 4.65. The molecule has 0 aliphatic carbocycles. The summed E-state index contributed by atoms with van der Waals surface area (Å²) in [6.45, 7) is 3.48. The Labute approximate surface area is 96.2 Å². The molecule has 1 N–H and O–H groups in total. The van der Waals surface area contributed by atoms with Gasteiger partial charge in [0.25, 0.3) is 0 Å². The van der Waals surface area contributed by atoms with Crippen LogP contribution in [0.3, 0.4) is 0 Å². The number of nitrogens with zero attached hydrogens (tertiary/aromatic N) is 2. The number of hydrogen-bond donors (Lipinski definition) is 1. The summed E-state index contributed by atoms with van der Waals surface area (Å²) in [4.78, 5) is 0. The SMILES string of the molecule is C[C@H](O)Cc1cn(C)nc1C1CCOCC1. The summed E-state index contributed by atoms with van der Waals surface area (Å²) in [5, 5.41) is 14.0. The monoisotopic (exact) mass is 224 g/mol. The van der Waals surface area contributed by atoms with E-state index in [-0.39, 0.29) is 6.10 Å². The van der Waals surface area contributed by atoms with Gasteiger partial charge in [0.2, 0.25) is 0 Å². The van der Waals surface area contributed by atoms with Crippen LogP contribution in [0.25, 0.3) is 0 Å². The van der Waals surface area contributed by atoms with Gasteiger partial charge in [0.1, 0.15) is 0 Å². The molecule has 1 aliphatic heterocycles. The molecule has 2 rings (SSSR count). The average molecular weight is 224 g/mol. The van der Waals surface area contributed by atoms with Crippen LogP contribution in [-0.4, -0.2) is 34.2 Å². The number of rotatable bonds is 3. The zero-order valence-electron chi connectivity index (χ0n) is 10.0. The molecule has 1 aromatic heterocycles. The molecule has 0 saturated carbocycles. The molecular weight excluding hydrogens is 204 g/mol. The number of aliphatic hydroxyl groups excluding tert-OH is 1. The van der Waals surface area contributed by atoms with Crippen LogP contribution in [0.15, 0.2) is 6.20 Å². The first-order valence-electron chi connectivity index (χ1n) is 5.95. The quantitative estimate of drug-likeness (QED) is 0.840. The molecule has 2 heterocycles. The molecule has 1 aliphatic rings. The minimum atomic E-state index is -0.303. The van der Waals surface area contributed by atoms with E-state index in [0.29, 0.717) is 12.3 Å². The van der Waals surface area contributed by atoms with E-state index in [1.807, 2.05) is 24.9 Å². The lowest BCUT2D eigenvalue weighted by Crippen LogP contribution is -2.16. The van der Waals surface area contributed by atoms with E-state index in [1.165, 1.54) is 5.56 Å². The molecule has 4 nitrogen and oxygen atoms in total. The summed E-state index contributed by atoms with van der Waals surface area (Å²) in [6, 6.07) is 0. The van der Waals surface area contributed by atoms with Gasteiger partial charge in [-0.3, -0.25) is 4.68 Å². The molecule has 90 valence electrons. The zero-order valence-corrected chi connectivity index (χ0v) is 10.0. The fourth-order valence-electron chi connectivity index (χ4n) is 2.35. The molecular formula is C12H20N2O2. The Balaban J connectivity index is 2.17. The first-order chi connectivity index (χ1) is 7.66. The molecule has 0 aromatic carbocycles. The second kappa shape index (κ2) is 4.97. The molecule has 16 heavy (non-hydrogen) atoms. The van der Waals surface area contributed by atoms with Crippen molar-refractivity contribution in [2.75, 3.05) is 13.2 Å². The van der Waals surface area contributed by atoms with E-state index in [1.54, 1.807) is 0 Å². The van der Waals surface area contributed by atoms with Gasteiger partial charge in [0.05, 0.1) is 11.8 Å². The van der Waals surface area contributed by atoms with Crippen molar-refractivity contribution in [1.29, 1.82) is 0 Å². The van der Waals surface area contributed by atoms with Gasteiger partial charge < -0.3 is 9.84 Å². The molecule has 1 saturated heterocycles. The summed E-state index contributed by atoms with van der Waals surface area (Å²) < 4.78 is 7.21. The van der Waals surface area contributed by atoms with Crippen molar-refractivity contribution in [2.45, 2.75) is 38.2 Å². The normalized spacial score (nSPS) is 19.9. The predicted octanol–water partition coefficient (Wildman–Crippen LogP) is 1.24. The third-order valence-corrected chi connectivity index (χ3v) is 3.06. The molecule has 0 spiro atoms. The molecule has 0 bridgehead atoms. The maximum Gasteiger partial charge on any atom is 0.0690 e. The maximum atomic E-state index is 9.48. The minimum Gasteiger partial charge on any atom is -0.393 e. The Hall–Kier alpha value is -0.870. The summed E-state index contributed by atoms with van der Waals surface area (Å²) in [5.74, 6) is 0.503. The molecule has 1 fully saturated rings. The number of hydrogen-bond acceptors (Lipinski definition) is 3. The van der Waals surface area contributed by atoms with Crippen molar-refractivity contribution in [3.05, 3.63) is 17.5 Å². The largest absolute Gasteiger partial charge is 0.393 e. The molecule has 0 unspecified atom stereocenters. The lowest BCUT2D eigenvalue weighted by molar-refractivity contribution is 0.0841. The third kappa shape index (κ3) is 2.62. The highest BCUT2D eigenvalue weighted by molar-refractivity contribution is 5.22. The van der Waals surface area contributed by atoms with Crippen LogP contribution in [0.4, 0.5) is 0 Å². The van der Waals surface area contributed by atoms with Crippen molar-refractivity contribution in [2.24, 2.45) is 7.05 Å². The first-order valence-corrected chi connectivity index (χ1v) is 5.95.